The third-order valence-corrected chi connectivity index (χ3v) is 16.1. The highest BCUT2D eigenvalue weighted by Gasteiger charge is 2.58. The maximum absolute atomic E-state index is 12.8. The summed E-state index contributed by atoms with van der Waals surface area (Å²) in [6, 6.07) is -6.68. The second-order valence-corrected chi connectivity index (χ2v) is 22.6. The van der Waals surface area contributed by atoms with Gasteiger partial charge in [0.2, 0.25) is 23.6 Å². The molecule has 0 aromatic carbocycles. The highest BCUT2D eigenvalue weighted by atomic mass is 16.8. The van der Waals surface area contributed by atoms with Crippen molar-refractivity contribution in [3.63, 3.8) is 0 Å². The largest absolute Gasteiger partial charge is 0.394 e. The number of carbonyl (C=O) groups is 4. The predicted molar refractivity (Wildman–Crippen MR) is 278 cm³/mol. The lowest BCUT2D eigenvalue weighted by molar-refractivity contribution is -0.388. The predicted octanol–water partition coefficient (Wildman–Crippen LogP) is -15.7. The van der Waals surface area contributed by atoms with Gasteiger partial charge in [-0.2, -0.15) is 0 Å². The molecule has 40 heteroatoms. The molecule has 7 aliphatic rings. The minimum absolute atomic E-state index is 0.745. The van der Waals surface area contributed by atoms with E-state index in [9.17, 15) is 116 Å². The van der Waals surface area contributed by atoms with Crippen LogP contribution in [0.4, 0.5) is 0 Å². The summed E-state index contributed by atoms with van der Waals surface area (Å²) >= 11 is 0. The molecule has 4 amide bonds. The number of hydrogen-bond donors (Lipinski definition) is 23. The Bertz CT molecular complexity index is 2310. The fourth-order valence-electron chi connectivity index (χ4n) is 11.4. The molecular weight excluding hydrogens is 1230 g/mol. The standard InChI is InChI=1S/C50H84N4O36/c1-12(60)51-23-34(71)40(19(8-58)80-44(23)77)87-47-26(54-15(4)63)35(72)41(20(9-59)84-47)88-49-39(76)42(89-48-38(75)36(73)29(66)18(7-57)83-48)31(68)22(85-49)11-79-50-43(90-46-25(53-14(3)62)33(70)28(65)17(6-56)82-46)37(74)30(67)21(86-50)10-78-45-24(52-13(2)61)32(69)27(64)16(5-55)81-45/h16-50,55-59,64-77H,5-11H2,1-4H3,(H,51,60)(H,52,61)(H,53,62)(H,54,63)/t16-,17-,18-,19-,20-,21-,22-,23-,24-,25-,26-,27-,28-,29-,30-,31-,32-,33-,34-,35-,36+,37+,38+,39+,40-,41-,42+,43+,44-,45-,46+,47+,48-,49+,50+/m1/s1. The molecule has 0 aromatic rings. The summed E-state index contributed by atoms with van der Waals surface area (Å²) in [6.45, 7) is -2.80. The average Bonchev–Trinajstić information content (AvgIpc) is 0.836. The number of amides is 4. The van der Waals surface area contributed by atoms with Crippen molar-refractivity contribution in [2.24, 2.45) is 0 Å². The van der Waals surface area contributed by atoms with Crippen LogP contribution in [0, 0.1) is 0 Å². The zero-order valence-electron chi connectivity index (χ0n) is 48.6. The van der Waals surface area contributed by atoms with Crippen molar-refractivity contribution in [2.75, 3.05) is 46.2 Å². The molecule has 90 heavy (non-hydrogen) atoms. The Morgan fingerprint density at radius 1 is 0.289 bits per heavy atom. The molecule has 520 valence electrons. The molecule has 0 spiro atoms. The highest BCUT2D eigenvalue weighted by Crippen LogP contribution is 2.37. The lowest BCUT2D eigenvalue weighted by atomic mass is 9.94. The van der Waals surface area contributed by atoms with Gasteiger partial charge in [0.15, 0.2) is 44.0 Å². The lowest BCUT2D eigenvalue weighted by Crippen LogP contribution is -2.70. The first-order chi connectivity index (χ1) is 42.5. The van der Waals surface area contributed by atoms with Crippen LogP contribution in [0.5, 0.6) is 0 Å². The molecule has 0 bridgehead atoms. The molecule has 35 atom stereocenters. The fraction of sp³-hybridized carbons (Fsp3) is 0.920. The van der Waals surface area contributed by atoms with E-state index in [1.807, 2.05) is 0 Å². The fourth-order valence-corrected chi connectivity index (χ4v) is 11.4. The summed E-state index contributed by atoms with van der Waals surface area (Å²) in [6.07, 6.45) is -61.0. The van der Waals surface area contributed by atoms with Crippen LogP contribution in [0.25, 0.3) is 0 Å². The van der Waals surface area contributed by atoms with Crippen LogP contribution in [0.3, 0.4) is 0 Å². The Hall–Kier alpha value is -3.40. The van der Waals surface area contributed by atoms with E-state index in [1.54, 1.807) is 0 Å². The topological polar surface area (TPSA) is 621 Å². The van der Waals surface area contributed by atoms with Gasteiger partial charge in [0.25, 0.3) is 0 Å². The number of aliphatic hydroxyl groups excluding tert-OH is 19. The van der Waals surface area contributed by atoms with E-state index in [-0.39, 0.29) is 0 Å². The number of rotatable bonds is 23. The van der Waals surface area contributed by atoms with E-state index in [2.05, 4.69) is 21.3 Å². The normalized spacial score (nSPS) is 47.6. The molecule has 0 unspecified atom stereocenters. The van der Waals surface area contributed by atoms with Crippen LogP contribution < -0.4 is 21.3 Å². The monoisotopic (exact) mass is 1320 g/mol. The van der Waals surface area contributed by atoms with Gasteiger partial charge in [0, 0.05) is 27.7 Å². The molecule has 0 radical (unpaired) electrons. The van der Waals surface area contributed by atoms with E-state index in [0.717, 1.165) is 27.7 Å². The summed E-state index contributed by atoms with van der Waals surface area (Å²) in [5.74, 6) is -3.20. The van der Waals surface area contributed by atoms with Crippen molar-refractivity contribution < 1.29 is 178 Å². The molecule has 7 rings (SSSR count). The van der Waals surface area contributed by atoms with Crippen molar-refractivity contribution >= 4 is 23.6 Å². The molecule has 0 saturated carbocycles. The molecule has 0 aliphatic carbocycles. The molecule has 7 saturated heterocycles. The molecular formula is C50H84N4O36. The second kappa shape index (κ2) is 32.4. The van der Waals surface area contributed by atoms with E-state index in [0.29, 0.717) is 0 Å². The Balaban J connectivity index is 1.22. The zero-order valence-corrected chi connectivity index (χ0v) is 48.6. The second-order valence-electron chi connectivity index (χ2n) is 22.6. The van der Waals surface area contributed by atoms with Crippen molar-refractivity contribution in [1.82, 2.24) is 21.3 Å². The summed E-state index contributed by atoms with van der Waals surface area (Å²) in [4.78, 5) is 49.4. The van der Waals surface area contributed by atoms with Crippen LogP contribution in [-0.2, 0) is 80.8 Å². The smallest absolute Gasteiger partial charge is 0.217 e. The summed E-state index contributed by atoms with van der Waals surface area (Å²) in [5, 5.41) is 217. The third-order valence-electron chi connectivity index (χ3n) is 16.1. The first-order valence-electron chi connectivity index (χ1n) is 28.6. The average molecular weight is 1320 g/mol. The van der Waals surface area contributed by atoms with Crippen LogP contribution in [0.1, 0.15) is 27.7 Å². The van der Waals surface area contributed by atoms with E-state index in [4.69, 9.17) is 61.6 Å². The van der Waals surface area contributed by atoms with Gasteiger partial charge < -0.3 is 180 Å². The summed E-state index contributed by atoms with van der Waals surface area (Å²) in [5.41, 5.74) is 0. The highest BCUT2D eigenvalue weighted by molar-refractivity contribution is 5.74. The van der Waals surface area contributed by atoms with Gasteiger partial charge in [-0.15, -0.1) is 0 Å². The SMILES string of the molecule is CC(=O)N[C@@H]1[C@@H](O)[C@H](O[C@@H]2O[C@H](CO)[C@@H](O[C@@H]3O[C@H](CO[C@H]4O[C@H](CO[C@@H]5O[C@H](CO)[C@@H](O)[C@H](O)[C@H]5NC(C)=O)[C@@H](O)[C@H](O)[C@@H]4O[C@@H]4O[C@H](CO)[C@@H](O)[C@H](O)[C@H]4NC(C)=O)[C@@H](O)[C@H](O[C@H]4O[C@H](CO)[C@@H](O)[C@H](O)[C@@H]4O)[C@@H]3O)[C@H](O)[C@H]2NC(C)=O)[C@@H](CO)O[C@H]1O. The van der Waals surface area contributed by atoms with E-state index in [1.165, 1.54) is 0 Å². The number of hydrogen-bond acceptors (Lipinski definition) is 36. The first-order valence-corrected chi connectivity index (χ1v) is 28.6. The van der Waals surface area contributed by atoms with Crippen molar-refractivity contribution in [3.8, 4) is 0 Å². The minimum atomic E-state index is -2.37. The van der Waals surface area contributed by atoms with Crippen LogP contribution in [-0.4, -0.2) is 382 Å². The Kier molecular flexibility index (Phi) is 26.6. The molecule has 7 aliphatic heterocycles. The molecule has 0 aromatic heterocycles. The van der Waals surface area contributed by atoms with Gasteiger partial charge >= 0.3 is 0 Å². The lowest BCUT2D eigenvalue weighted by Gasteiger charge is -2.50. The van der Waals surface area contributed by atoms with Gasteiger partial charge in [-0.1, -0.05) is 0 Å². The maximum Gasteiger partial charge on any atom is 0.217 e. The minimum Gasteiger partial charge on any atom is -0.394 e. The molecule has 7 fully saturated rings. The number of ether oxygens (including phenoxy) is 13. The van der Waals surface area contributed by atoms with Crippen molar-refractivity contribution in [3.05, 3.63) is 0 Å². The quantitative estimate of drug-likeness (QED) is 0.0452. The Morgan fingerprint density at radius 3 is 1.11 bits per heavy atom. The van der Waals surface area contributed by atoms with Crippen LogP contribution in [0.15, 0.2) is 0 Å². The number of carbonyl (C=O) groups excluding carboxylic acids is 4. The molecule has 23 N–H and O–H groups in total. The molecule has 7 heterocycles. The third kappa shape index (κ3) is 16.6. The van der Waals surface area contributed by atoms with Crippen molar-refractivity contribution in [1.29, 1.82) is 0 Å². The van der Waals surface area contributed by atoms with E-state index >= 15 is 0 Å². The summed E-state index contributed by atoms with van der Waals surface area (Å²) < 4.78 is 76.2. The number of nitrogens with one attached hydrogen (secondary N) is 4. The van der Waals surface area contributed by atoms with Gasteiger partial charge in [-0.3, -0.25) is 19.2 Å². The maximum atomic E-state index is 12.8. The molecule has 40 nitrogen and oxygen atoms in total. The van der Waals surface area contributed by atoms with E-state index < -0.39 is 285 Å². The zero-order chi connectivity index (χ0) is 66.5. The Labute approximate surface area is 510 Å². The van der Waals surface area contributed by atoms with Gasteiger partial charge in [-0.05, 0) is 0 Å². The van der Waals surface area contributed by atoms with Gasteiger partial charge in [0.05, 0.1) is 46.2 Å². The van der Waals surface area contributed by atoms with Crippen LogP contribution in [0.2, 0.25) is 0 Å². The Morgan fingerprint density at radius 2 is 0.611 bits per heavy atom. The van der Waals surface area contributed by atoms with Gasteiger partial charge in [-0.25, -0.2) is 0 Å². The first kappa shape index (κ1) is 74.0. The summed E-state index contributed by atoms with van der Waals surface area (Å²) in [7, 11) is 0. The van der Waals surface area contributed by atoms with Crippen LogP contribution >= 0.6 is 0 Å². The van der Waals surface area contributed by atoms with Crippen molar-refractivity contribution in [2.45, 2.75) is 242 Å². The van der Waals surface area contributed by atoms with Gasteiger partial charge in [0.1, 0.15) is 171 Å². The number of aliphatic hydroxyl groups is 19.